The smallest absolute Gasteiger partial charge is 0.160 e. The van der Waals surface area contributed by atoms with E-state index >= 15 is 0 Å². The first kappa shape index (κ1) is 15.8. The number of phenolic OH excluding ortho intramolecular Hbond substituents is 1. The van der Waals surface area contributed by atoms with E-state index in [2.05, 4.69) is 39.9 Å². The van der Waals surface area contributed by atoms with Gasteiger partial charge in [0.15, 0.2) is 11.5 Å². The molecule has 0 fully saturated rings. The summed E-state index contributed by atoms with van der Waals surface area (Å²) in [4.78, 5) is 0. The molecule has 0 amide bonds. The second-order valence-electron chi connectivity index (χ2n) is 6.98. The van der Waals surface area contributed by atoms with Crippen LogP contribution in [0.4, 0.5) is 0 Å². The van der Waals surface area contributed by atoms with Crippen LogP contribution in [0.3, 0.4) is 0 Å². The van der Waals surface area contributed by atoms with Gasteiger partial charge in [-0.1, -0.05) is 26.8 Å². The average Bonchev–Trinajstić information content (AvgIpc) is 2.25. The lowest BCUT2D eigenvalue weighted by molar-refractivity contribution is 0.240. The molecular formula is C16H27NO2. The van der Waals surface area contributed by atoms with E-state index in [1.165, 1.54) is 0 Å². The zero-order valence-electron chi connectivity index (χ0n) is 13.0. The molecule has 108 valence electrons. The Morgan fingerprint density at radius 2 is 1.79 bits per heavy atom. The van der Waals surface area contributed by atoms with E-state index in [4.69, 9.17) is 4.74 Å². The van der Waals surface area contributed by atoms with Crippen LogP contribution in [0.2, 0.25) is 0 Å². The van der Waals surface area contributed by atoms with Crippen molar-refractivity contribution in [1.82, 2.24) is 5.32 Å². The van der Waals surface area contributed by atoms with Gasteiger partial charge in [-0.3, -0.25) is 0 Å². The van der Waals surface area contributed by atoms with Crippen molar-refractivity contribution in [1.29, 1.82) is 0 Å². The molecule has 0 saturated heterocycles. The molecule has 0 aliphatic rings. The number of methoxy groups -OCH3 is 1. The van der Waals surface area contributed by atoms with Crippen LogP contribution in [-0.2, 0) is 6.54 Å². The predicted octanol–water partition coefficient (Wildman–Crippen LogP) is 3.71. The molecule has 0 unspecified atom stereocenters. The van der Waals surface area contributed by atoms with Crippen molar-refractivity contribution in [2.24, 2.45) is 5.41 Å². The third-order valence-electron chi connectivity index (χ3n) is 2.99. The van der Waals surface area contributed by atoms with Crippen LogP contribution in [0, 0.1) is 5.41 Å². The SMILES string of the molecule is COc1cc(CNC(C)(C)CC(C)(C)C)ccc1O. The van der Waals surface area contributed by atoms with E-state index in [1.807, 2.05) is 12.1 Å². The molecule has 0 saturated carbocycles. The fourth-order valence-electron chi connectivity index (χ4n) is 2.56. The van der Waals surface area contributed by atoms with Gasteiger partial charge in [-0.15, -0.1) is 0 Å². The van der Waals surface area contributed by atoms with Gasteiger partial charge in [-0.2, -0.15) is 0 Å². The fourth-order valence-corrected chi connectivity index (χ4v) is 2.56. The Kier molecular flexibility index (Phi) is 4.86. The number of nitrogens with one attached hydrogen (secondary N) is 1. The zero-order valence-corrected chi connectivity index (χ0v) is 13.0. The number of phenols is 1. The van der Waals surface area contributed by atoms with Crippen molar-refractivity contribution in [2.75, 3.05) is 7.11 Å². The third kappa shape index (κ3) is 5.52. The Balaban J connectivity index is 2.66. The molecule has 19 heavy (non-hydrogen) atoms. The molecular weight excluding hydrogens is 238 g/mol. The lowest BCUT2D eigenvalue weighted by atomic mass is 9.82. The summed E-state index contributed by atoms with van der Waals surface area (Å²) in [6.45, 7) is 11.9. The number of hydrogen-bond donors (Lipinski definition) is 2. The van der Waals surface area contributed by atoms with Crippen LogP contribution in [0.25, 0.3) is 0 Å². The maximum absolute atomic E-state index is 9.57. The molecule has 0 radical (unpaired) electrons. The summed E-state index contributed by atoms with van der Waals surface area (Å²) in [5.74, 6) is 0.702. The van der Waals surface area contributed by atoms with E-state index in [1.54, 1.807) is 13.2 Å². The molecule has 1 aromatic carbocycles. The molecule has 0 spiro atoms. The Morgan fingerprint density at radius 1 is 1.16 bits per heavy atom. The highest BCUT2D eigenvalue weighted by Crippen LogP contribution is 2.28. The van der Waals surface area contributed by atoms with E-state index < -0.39 is 0 Å². The first-order chi connectivity index (χ1) is 8.63. The van der Waals surface area contributed by atoms with Crippen LogP contribution < -0.4 is 10.1 Å². The van der Waals surface area contributed by atoms with Gasteiger partial charge < -0.3 is 15.2 Å². The predicted molar refractivity (Wildman–Crippen MR) is 79.6 cm³/mol. The highest BCUT2D eigenvalue weighted by molar-refractivity contribution is 5.41. The minimum atomic E-state index is 0.0728. The zero-order chi connectivity index (χ0) is 14.7. The van der Waals surface area contributed by atoms with Crippen molar-refractivity contribution in [2.45, 2.75) is 53.1 Å². The Labute approximate surface area is 117 Å². The van der Waals surface area contributed by atoms with Crippen molar-refractivity contribution in [3.63, 3.8) is 0 Å². The van der Waals surface area contributed by atoms with Crippen LogP contribution in [-0.4, -0.2) is 17.8 Å². The van der Waals surface area contributed by atoms with Gasteiger partial charge in [0.05, 0.1) is 7.11 Å². The number of aromatic hydroxyl groups is 1. The lowest BCUT2D eigenvalue weighted by Gasteiger charge is -2.33. The quantitative estimate of drug-likeness (QED) is 0.853. The highest BCUT2D eigenvalue weighted by Gasteiger charge is 2.24. The standard InChI is InChI=1S/C16H27NO2/c1-15(2,3)11-16(4,5)17-10-12-7-8-13(18)14(9-12)19-6/h7-9,17-18H,10-11H2,1-6H3. The number of rotatable bonds is 5. The molecule has 1 aromatic rings. The molecule has 0 aromatic heterocycles. The second-order valence-corrected chi connectivity index (χ2v) is 6.98. The lowest BCUT2D eigenvalue weighted by Crippen LogP contribution is -2.41. The van der Waals surface area contributed by atoms with Gasteiger partial charge in [0, 0.05) is 12.1 Å². The van der Waals surface area contributed by atoms with Crippen LogP contribution in [0.5, 0.6) is 11.5 Å². The van der Waals surface area contributed by atoms with Gasteiger partial charge in [0.2, 0.25) is 0 Å². The van der Waals surface area contributed by atoms with Gasteiger partial charge in [0.1, 0.15) is 0 Å². The molecule has 2 N–H and O–H groups in total. The van der Waals surface area contributed by atoms with Gasteiger partial charge >= 0.3 is 0 Å². The molecule has 0 aliphatic heterocycles. The van der Waals surface area contributed by atoms with Crippen LogP contribution in [0.1, 0.15) is 46.6 Å². The van der Waals surface area contributed by atoms with Gasteiger partial charge in [-0.25, -0.2) is 0 Å². The summed E-state index contributed by atoms with van der Waals surface area (Å²) >= 11 is 0. The van der Waals surface area contributed by atoms with Gasteiger partial charge in [-0.05, 0) is 43.4 Å². The van der Waals surface area contributed by atoms with Crippen molar-refractivity contribution in [3.05, 3.63) is 23.8 Å². The van der Waals surface area contributed by atoms with Crippen molar-refractivity contribution >= 4 is 0 Å². The van der Waals surface area contributed by atoms with Crippen molar-refractivity contribution < 1.29 is 9.84 Å². The molecule has 1 rings (SSSR count). The molecule has 0 bridgehead atoms. The minimum absolute atomic E-state index is 0.0728. The molecule has 0 atom stereocenters. The first-order valence-corrected chi connectivity index (χ1v) is 6.74. The summed E-state index contributed by atoms with van der Waals surface area (Å²) < 4.78 is 5.12. The maximum atomic E-state index is 9.57. The topological polar surface area (TPSA) is 41.5 Å². The summed E-state index contributed by atoms with van der Waals surface area (Å²) in [5.41, 5.74) is 1.48. The summed E-state index contributed by atoms with van der Waals surface area (Å²) in [5, 5.41) is 13.1. The molecule has 0 aliphatic carbocycles. The second kappa shape index (κ2) is 5.83. The number of hydrogen-bond acceptors (Lipinski definition) is 3. The van der Waals surface area contributed by atoms with E-state index in [9.17, 15) is 5.11 Å². The van der Waals surface area contributed by atoms with Crippen LogP contribution in [0.15, 0.2) is 18.2 Å². The molecule has 0 heterocycles. The summed E-state index contributed by atoms with van der Waals surface area (Å²) in [7, 11) is 1.57. The largest absolute Gasteiger partial charge is 0.504 e. The van der Waals surface area contributed by atoms with Crippen molar-refractivity contribution in [3.8, 4) is 11.5 Å². The first-order valence-electron chi connectivity index (χ1n) is 6.74. The van der Waals surface area contributed by atoms with Gasteiger partial charge in [0.25, 0.3) is 0 Å². The number of ether oxygens (including phenoxy) is 1. The van der Waals surface area contributed by atoms with E-state index in [0.29, 0.717) is 11.2 Å². The normalized spacial score (nSPS) is 12.5. The fraction of sp³-hybridized carbons (Fsp3) is 0.625. The van der Waals surface area contributed by atoms with Crippen LogP contribution >= 0.6 is 0 Å². The molecule has 3 heteroatoms. The highest BCUT2D eigenvalue weighted by atomic mass is 16.5. The third-order valence-corrected chi connectivity index (χ3v) is 2.99. The average molecular weight is 265 g/mol. The summed E-state index contributed by atoms with van der Waals surface area (Å²) in [6, 6.07) is 5.46. The maximum Gasteiger partial charge on any atom is 0.160 e. The molecule has 3 nitrogen and oxygen atoms in total. The Hall–Kier alpha value is -1.22. The minimum Gasteiger partial charge on any atom is -0.504 e. The van der Waals surface area contributed by atoms with E-state index in [-0.39, 0.29) is 11.3 Å². The monoisotopic (exact) mass is 265 g/mol. The Bertz CT molecular complexity index is 419. The van der Waals surface area contributed by atoms with E-state index in [0.717, 1.165) is 18.5 Å². The Morgan fingerprint density at radius 3 is 2.32 bits per heavy atom. The number of benzene rings is 1. The summed E-state index contributed by atoms with van der Waals surface area (Å²) in [6.07, 6.45) is 1.09.